The molecule has 6 heteroatoms. The molecule has 1 aliphatic heterocycles. The van der Waals surface area contributed by atoms with Crippen LogP contribution in [0.4, 0.5) is 0 Å². The molecule has 1 heterocycles. The van der Waals surface area contributed by atoms with E-state index < -0.39 is 0 Å². The second-order valence-corrected chi connectivity index (χ2v) is 5.94. The van der Waals surface area contributed by atoms with Crippen LogP contribution in [-0.4, -0.2) is 43.1 Å². The Morgan fingerprint density at radius 1 is 1.48 bits per heavy atom. The molecule has 1 aromatic rings. The summed E-state index contributed by atoms with van der Waals surface area (Å²) in [5.41, 5.74) is 0. The summed E-state index contributed by atoms with van der Waals surface area (Å²) < 4.78 is 5.41. The van der Waals surface area contributed by atoms with E-state index in [1.165, 1.54) is 6.42 Å². The van der Waals surface area contributed by atoms with Gasteiger partial charge in [-0.25, -0.2) is 0 Å². The molecule has 2 rings (SSSR count). The summed E-state index contributed by atoms with van der Waals surface area (Å²) in [6.07, 6.45) is 2.34. The third-order valence-corrected chi connectivity index (χ3v) is 4.22. The van der Waals surface area contributed by atoms with E-state index in [-0.39, 0.29) is 12.5 Å². The normalized spacial score (nSPS) is 18.7. The molecule has 0 saturated carbocycles. The number of likely N-dealkylation sites (N-methyl/N-ethyl adjacent to an activating group) is 1. The number of ether oxygens (including phenoxy) is 1. The van der Waals surface area contributed by atoms with Crippen molar-refractivity contribution >= 4 is 29.1 Å². The molecule has 1 aliphatic rings. The number of halogens is 2. The zero-order valence-corrected chi connectivity index (χ0v) is 13.6. The number of likely N-dealkylation sites (tertiary alicyclic amines) is 1. The van der Waals surface area contributed by atoms with Gasteiger partial charge in [0.05, 0.1) is 5.02 Å². The largest absolute Gasteiger partial charge is 0.482 e. The lowest BCUT2D eigenvalue weighted by Gasteiger charge is -2.22. The van der Waals surface area contributed by atoms with Crippen molar-refractivity contribution in [1.82, 2.24) is 10.2 Å². The van der Waals surface area contributed by atoms with Gasteiger partial charge < -0.3 is 10.1 Å². The smallest absolute Gasteiger partial charge is 0.257 e. The molecule has 1 fully saturated rings. The van der Waals surface area contributed by atoms with E-state index in [0.29, 0.717) is 28.4 Å². The van der Waals surface area contributed by atoms with E-state index in [4.69, 9.17) is 27.9 Å². The highest BCUT2D eigenvalue weighted by atomic mass is 35.5. The summed E-state index contributed by atoms with van der Waals surface area (Å²) in [6, 6.07) is 5.37. The Balaban J connectivity index is 1.74. The molecule has 0 aromatic heterocycles. The molecule has 1 aromatic carbocycles. The van der Waals surface area contributed by atoms with Crippen LogP contribution in [0.2, 0.25) is 10.0 Å². The van der Waals surface area contributed by atoms with Gasteiger partial charge in [-0.15, -0.1) is 0 Å². The minimum atomic E-state index is -0.135. The SMILES string of the molecule is CCN1CCC[C@@H]1CNC(=O)COc1ccc(Cl)cc1Cl. The number of benzene rings is 1. The number of hydrogen-bond donors (Lipinski definition) is 1. The summed E-state index contributed by atoms with van der Waals surface area (Å²) >= 11 is 11.8. The third-order valence-electron chi connectivity index (χ3n) is 3.69. The molecule has 0 aliphatic carbocycles. The molecule has 1 atom stereocenters. The van der Waals surface area contributed by atoms with Crippen LogP contribution in [0.1, 0.15) is 19.8 Å². The summed E-state index contributed by atoms with van der Waals surface area (Å²) in [4.78, 5) is 14.2. The van der Waals surface area contributed by atoms with Gasteiger partial charge in [0.1, 0.15) is 5.75 Å². The van der Waals surface area contributed by atoms with E-state index in [1.807, 2.05) is 0 Å². The van der Waals surface area contributed by atoms with Gasteiger partial charge >= 0.3 is 0 Å². The van der Waals surface area contributed by atoms with Crippen LogP contribution in [-0.2, 0) is 4.79 Å². The summed E-state index contributed by atoms with van der Waals surface area (Å²) in [5.74, 6) is 0.330. The van der Waals surface area contributed by atoms with Gasteiger partial charge in [0.15, 0.2) is 6.61 Å². The maximum absolute atomic E-state index is 11.8. The van der Waals surface area contributed by atoms with Gasteiger partial charge in [-0.3, -0.25) is 9.69 Å². The highest BCUT2D eigenvalue weighted by Crippen LogP contribution is 2.27. The number of hydrogen-bond acceptors (Lipinski definition) is 3. The maximum atomic E-state index is 11.8. The van der Waals surface area contributed by atoms with Crippen molar-refractivity contribution in [2.24, 2.45) is 0 Å². The standard InChI is InChI=1S/C15H20Cl2N2O2/c1-2-19-7-3-4-12(19)9-18-15(20)10-21-14-6-5-11(16)8-13(14)17/h5-6,8,12H,2-4,7,9-10H2,1H3,(H,18,20)/t12-/m1/s1. The summed E-state index contributed by atoms with van der Waals surface area (Å²) in [6.45, 7) is 4.92. The molecule has 0 unspecified atom stereocenters. The zero-order chi connectivity index (χ0) is 15.2. The predicted molar refractivity (Wildman–Crippen MR) is 85.2 cm³/mol. The number of nitrogens with one attached hydrogen (secondary N) is 1. The predicted octanol–water partition coefficient (Wildman–Crippen LogP) is 2.97. The minimum Gasteiger partial charge on any atom is -0.482 e. The van der Waals surface area contributed by atoms with Gasteiger partial charge in [0.25, 0.3) is 5.91 Å². The first-order valence-electron chi connectivity index (χ1n) is 7.18. The van der Waals surface area contributed by atoms with Crippen molar-refractivity contribution in [3.05, 3.63) is 28.2 Å². The van der Waals surface area contributed by atoms with Crippen LogP contribution >= 0.6 is 23.2 Å². The van der Waals surface area contributed by atoms with Crippen LogP contribution in [0, 0.1) is 0 Å². The molecular weight excluding hydrogens is 311 g/mol. The van der Waals surface area contributed by atoms with Gasteiger partial charge in [-0.05, 0) is 44.1 Å². The summed E-state index contributed by atoms with van der Waals surface area (Å²) in [5, 5.41) is 3.86. The fourth-order valence-corrected chi connectivity index (χ4v) is 3.02. The van der Waals surface area contributed by atoms with E-state index in [9.17, 15) is 4.79 Å². The molecule has 4 nitrogen and oxygen atoms in total. The Morgan fingerprint density at radius 3 is 3.00 bits per heavy atom. The summed E-state index contributed by atoms with van der Waals surface area (Å²) in [7, 11) is 0. The Labute approximate surface area is 135 Å². The molecule has 21 heavy (non-hydrogen) atoms. The highest BCUT2D eigenvalue weighted by molar-refractivity contribution is 6.35. The van der Waals surface area contributed by atoms with E-state index in [2.05, 4.69) is 17.1 Å². The van der Waals surface area contributed by atoms with Crippen LogP contribution in [0.5, 0.6) is 5.75 Å². The van der Waals surface area contributed by atoms with Gasteiger partial charge in [-0.1, -0.05) is 30.1 Å². The third kappa shape index (κ3) is 4.77. The lowest BCUT2D eigenvalue weighted by Crippen LogP contribution is -2.41. The molecule has 1 saturated heterocycles. The van der Waals surface area contributed by atoms with Crippen molar-refractivity contribution in [3.63, 3.8) is 0 Å². The number of rotatable bonds is 6. The Hall–Kier alpha value is -0.970. The molecule has 116 valence electrons. The van der Waals surface area contributed by atoms with Crippen molar-refractivity contribution in [2.45, 2.75) is 25.8 Å². The highest BCUT2D eigenvalue weighted by Gasteiger charge is 2.23. The van der Waals surface area contributed by atoms with E-state index in [0.717, 1.165) is 19.5 Å². The lowest BCUT2D eigenvalue weighted by atomic mass is 10.2. The average Bonchev–Trinajstić information content (AvgIpc) is 2.91. The molecule has 0 radical (unpaired) electrons. The fourth-order valence-electron chi connectivity index (χ4n) is 2.56. The van der Waals surface area contributed by atoms with Crippen LogP contribution in [0.15, 0.2) is 18.2 Å². The topological polar surface area (TPSA) is 41.6 Å². The van der Waals surface area contributed by atoms with Crippen molar-refractivity contribution in [1.29, 1.82) is 0 Å². The monoisotopic (exact) mass is 330 g/mol. The van der Waals surface area contributed by atoms with Crippen LogP contribution in [0.25, 0.3) is 0 Å². The van der Waals surface area contributed by atoms with E-state index in [1.54, 1.807) is 18.2 Å². The van der Waals surface area contributed by atoms with Gasteiger partial charge in [0.2, 0.25) is 0 Å². The number of nitrogens with zero attached hydrogens (tertiary/aromatic N) is 1. The van der Waals surface area contributed by atoms with Crippen molar-refractivity contribution in [2.75, 3.05) is 26.2 Å². The van der Waals surface area contributed by atoms with Crippen LogP contribution < -0.4 is 10.1 Å². The first-order valence-corrected chi connectivity index (χ1v) is 7.94. The van der Waals surface area contributed by atoms with Crippen LogP contribution in [0.3, 0.4) is 0 Å². The average molecular weight is 331 g/mol. The number of carbonyl (C=O) groups excluding carboxylic acids is 1. The molecule has 0 bridgehead atoms. The number of carbonyl (C=O) groups is 1. The molecule has 0 spiro atoms. The Morgan fingerprint density at radius 2 is 2.29 bits per heavy atom. The first-order chi connectivity index (χ1) is 10.1. The molecule has 1 N–H and O–H groups in total. The second-order valence-electron chi connectivity index (χ2n) is 5.09. The van der Waals surface area contributed by atoms with Crippen molar-refractivity contribution < 1.29 is 9.53 Å². The maximum Gasteiger partial charge on any atom is 0.257 e. The van der Waals surface area contributed by atoms with Gasteiger partial charge in [-0.2, -0.15) is 0 Å². The number of amides is 1. The first kappa shape index (κ1) is 16.4. The zero-order valence-electron chi connectivity index (χ0n) is 12.1. The Kier molecular flexibility index (Phi) is 6.15. The molecular formula is C15H20Cl2N2O2. The minimum absolute atomic E-state index is 0.0415. The second kappa shape index (κ2) is 7.87. The van der Waals surface area contributed by atoms with Gasteiger partial charge in [0, 0.05) is 17.6 Å². The Bertz CT molecular complexity index is 497. The quantitative estimate of drug-likeness (QED) is 0.871. The van der Waals surface area contributed by atoms with Crippen molar-refractivity contribution in [3.8, 4) is 5.75 Å². The van der Waals surface area contributed by atoms with E-state index >= 15 is 0 Å². The lowest BCUT2D eigenvalue weighted by molar-refractivity contribution is -0.123. The molecule has 1 amide bonds. The fraction of sp³-hybridized carbons (Fsp3) is 0.533.